The van der Waals surface area contributed by atoms with Crippen LogP contribution in [0.5, 0.6) is 0 Å². The van der Waals surface area contributed by atoms with Crippen molar-refractivity contribution in [2.24, 2.45) is 0 Å². The molecule has 0 saturated carbocycles. The summed E-state index contributed by atoms with van der Waals surface area (Å²) in [6.07, 6.45) is 24.0. The molecule has 1 amide bonds. The van der Waals surface area contributed by atoms with E-state index in [4.69, 9.17) is 58.1 Å². The highest BCUT2D eigenvalue weighted by molar-refractivity contribution is 5.81. The highest BCUT2D eigenvalue weighted by atomic mass is 19.4. The first-order valence-electron chi connectivity index (χ1n) is 31.5. The number of nitrogens with zero attached hydrogens (tertiary/aromatic N) is 1. The Balaban J connectivity index is -0.00000276. The fourth-order valence-corrected chi connectivity index (χ4v) is 9.10. The number of unbranched alkanes of at least 4 members (excludes halogenated alkanes) is 30. The van der Waals surface area contributed by atoms with Crippen molar-refractivity contribution >= 4 is 29.8 Å². The van der Waals surface area contributed by atoms with Gasteiger partial charge in [-0.1, -0.05) is 206 Å². The zero-order valence-corrected chi connectivity index (χ0v) is 52.0. The number of carbonyl (C=O) groups is 5. The number of rotatable bonds is 49. The summed E-state index contributed by atoms with van der Waals surface area (Å²) in [5.41, 5.74) is 11.7. The van der Waals surface area contributed by atoms with Crippen LogP contribution in [0.2, 0.25) is 0 Å². The summed E-state index contributed by atoms with van der Waals surface area (Å²) >= 11 is 0. The molecule has 1 rings (SSSR count). The number of carbonyl (C=O) groups excluding carboxylic acids is 5. The number of hydrogen-bond donors (Lipinski definition) is 3. The van der Waals surface area contributed by atoms with Gasteiger partial charge < -0.3 is 80.2 Å². The molecule has 1 aliphatic heterocycles. The Hall–Kier alpha value is -3.60. The summed E-state index contributed by atoms with van der Waals surface area (Å²) in [5, 5.41) is 26.4. The van der Waals surface area contributed by atoms with Crippen molar-refractivity contribution in [1.29, 1.82) is 0 Å². The molecule has 0 bridgehead atoms. The molecule has 9 N–H and O–H groups in total. The van der Waals surface area contributed by atoms with E-state index in [0.29, 0.717) is 39.5 Å². The zero-order valence-electron chi connectivity index (χ0n) is 52.0. The Morgan fingerprint density at radius 2 is 0.698 bits per heavy atom. The lowest BCUT2D eigenvalue weighted by Gasteiger charge is -2.45. The van der Waals surface area contributed by atoms with Crippen LogP contribution < -0.4 is 32.5 Å². The van der Waals surface area contributed by atoms with Crippen LogP contribution in [0.3, 0.4) is 0 Å². The van der Waals surface area contributed by atoms with Gasteiger partial charge in [0, 0.05) is 26.6 Å². The van der Waals surface area contributed by atoms with E-state index < -0.39 is 73.1 Å². The van der Waals surface area contributed by atoms with E-state index in [9.17, 15) is 49.1 Å². The van der Waals surface area contributed by atoms with Gasteiger partial charge in [0.15, 0.2) is 6.29 Å². The lowest BCUT2D eigenvalue weighted by molar-refractivity contribution is -0.396. The van der Waals surface area contributed by atoms with Crippen LogP contribution in [0.15, 0.2) is 0 Å². The van der Waals surface area contributed by atoms with Gasteiger partial charge in [-0.25, -0.2) is 0 Å². The molecule has 0 aromatic rings. The normalized spacial score (nSPS) is 16.8. The molecule has 0 spiro atoms. The SMILES string of the molecule is CCCCCCCCCCCCCCCCCCN(CCCCCCCCCCCCCCCCCC)C(=O)CCC(=O)OC[C@H]1O[C@@H](OC)[C@H](OCC[NH3+])[C@@H](OCC[NH3+])[C@H]1OCC[NH3+].O=C([O-])C(F)(F)F.O=C([O-])C(F)(F)F.O=C([O-])C(F)(F)F. The second kappa shape index (κ2) is 56.6. The molecule has 86 heavy (non-hydrogen) atoms. The minimum atomic E-state index is -5.19. The fourth-order valence-electron chi connectivity index (χ4n) is 9.10. The van der Waals surface area contributed by atoms with E-state index in [1.54, 1.807) is 7.11 Å². The average Bonchev–Trinajstić information content (AvgIpc) is 3.46. The van der Waals surface area contributed by atoms with Crippen LogP contribution in [0.4, 0.5) is 39.5 Å². The number of amides is 1. The molecule has 0 aromatic carbocycles. The van der Waals surface area contributed by atoms with Crippen LogP contribution in [-0.4, -0.2) is 150 Å². The summed E-state index contributed by atoms with van der Waals surface area (Å²) in [5.74, 6) is -9.41. The van der Waals surface area contributed by atoms with Crippen molar-refractivity contribution < 1.29 is 124 Å². The molecule has 1 heterocycles. The molecule has 18 nitrogen and oxygen atoms in total. The number of hydrogen-bond acceptors (Lipinski definition) is 14. The topological polar surface area (TPSA) is 296 Å². The molecule has 0 unspecified atom stereocenters. The first-order chi connectivity index (χ1) is 40.8. The molecule has 512 valence electrons. The van der Waals surface area contributed by atoms with Crippen molar-refractivity contribution in [3.05, 3.63) is 0 Å². The van der Waals surface area contributed by atoms with E-state index in [0.717, 1.165) is 38.8 Å². The molecule has 1 aliphatic rings. The number of halogens is 9. The number of quaternary nitrogens is 3. The van der Waals surface area contributed by atoms with Gasteiger partial charge >= 0.3 is 24.5 Å². The monoisotopic (exact) mass is 1270 g/mol. The van der Waals surface area contributed by atoms with Crippen molar-refractivity contribution in [2.45, 2.75) is 281 Å². The molecule has 27 heteroatoms. The van der Waals surface area contributed by atoms with Crippen LogP contribution in [0, 0.1) is 0 Å². The van der Waals surface area contributed by atoms with Crippen molar-refractivity contribution in [2.75, 3.05) is 66.3 Å². The number of carboxylic acids is 3. The molecule has 0 aromatic heterocycles. The fraction of sp³-hybridized carbons (Fsp3) is 0.915. The minimum Gasteiger partial charge on any atom is -0.542 e. The second-order valence-corrected chi connectivity index (χ2v) is 21.4. The minimum absolute atomic E-state index is 0.0226. The highest BCUT2D eigenvalue weighted by Crippen LogP contribution is 2.29. The van der Waals surface area contributed by atoms with E-state index >= 15 is 0 Å². The van der Waals surface area contributed by atoms with E-state index in [-0.39, 0.29) is 25.4 Å². The Bertz CT molecular complexity index is 1550. The lowest BCUT2D eigenvalue weighted by Crippen LogP contribution is -2.64. The Labute approximate surface area is 505 Å². The van der Waals surface area contributed by atoms with Crippen LogP contribution >= 0.6 is 0 Å². The summed E-state index contributed by atoms with van der Waals surface area (Å²) < 4.78 is 131. The lowest BCUT2D eigenvalue weighted by atomic mass is 9.98. The first-order valence-corrected chi connectivity index (χ1v) is 31.5. The van der Waals surface area contributed by atoms with Crippen LogP contribution in [0.1, 0.15) is 232 Å². The van der Waals surface area contributed by atoms with Crippen LogP contribution in [0.25, 0.3) is 0 Å². The van der Waals surface area contributed by atoms with Gasteiger partial charge in [-0.2, -0.15) is 39.5 Å². The molecule has 1 saturated heterocycles. The molecular weight excluding hydrogens is 1160 g/mol. The van der Waals surface area contributed by atoms with Crippen molar-refractivity contribution in [3.63, 3.8) is 0 Å². The molecule has 5 atom stereocenters. The standard InChI is InChI=1S/C53H106N4O8.3C2HF3O2/c1-4-6-8-10-12-14-16-18-20-22-24-26-28-30-32-34-41-57(42-35-33-31-29-27-25-23-21-19-17-15-13-11-9-7-5-2)48(58)36-37-49(59)64-46-47-50(61-43-38-54)51(62-44-39-55)52(63-45-40-56)53(60-3)65-47;3*3-2(4,5)1(6)7/h47,50-53H,4-46,54-56H2,1-3H3;3*(H,6,7)/t47-,50+,51+,52-,53-;;;/m1.../s1. The van der Waals surface area contributed by atoms with Crippen LogP contribution in [-0.2, 0) is 52.4 Å². The number of aliphatic carboxylic acids is 3. The summed E-state index contributed by atoms with van der Waals surface area (Å²) in [7, 11) is 1.56. The number of alkyl halides is 9. The van der Waals surface area contributed by atoms with Gasteiger partial charge in [0.25, 0.3) is 0 Å². The average molecular weight is 1270 g/mol. The third-order valence-electron chi connectivity index (χ3n) is 13.7. The molecule has 0 aliphatic carbocycles. The van der Waals surface area contributed by atoms with E-state index in [1.807, 2.05) is 4.90 Å². The maximum absolute atomic E-state index is 13.7. The Morgan fingerprint density at radius 1 is 0.430 bits per heavy atom. The van der Waals surface area contributed by atoms with Gasteiger partial charge in [0.2, 0.25) is 5.91 Å². The quantitative estimate of drug-likeness (QED) is 0.0320. The Kier molecular flexibility index (Phi) is 57.0. The summed E-state index contributed by atoms with van der Waals surface area (Å²) in [6.45, 7) is 8.93. The highest BCUT2D eigenvalue weighted by Gasteiger charge is 2.49. The number of methoxy groups -OCH3 is 1. The predicted molar refractivity (Wildman–Crippen MR) is 297 cm³/mol. The third-order valence-corrected chi connectivity index (χ3v) is 13.7. The number of ether oxygens (including phenoxy) is 6. The largest absolute Gasteiger partial charge is 0.542 e. The molecule has 1 fully saturated rings. The summed E-state index contributed by atoms with van der Waals surface area (Å²) in [4.78, 5) is 55.2. The third kappa shape index (κ3) is 52.3. The van der Waals surface area contributed by atoms with Gasteiger partial charge in [-0.15, -0.1) is 0 Å². The van der Waals surface area contributed by atoms with Gasteiger partial charge in [-0.05, 0) is 12.8 Å². The maximum atomic E-state index is 13.7. The van der Waals surface area contributed by atoms with Crippen molar-refractivity contribution in [3.8, 4) is 0 Å². The second-order valence-electron chi connectivity index (χ2n) is 21.4. The zero-order chi connectivity index (χ0) is 65.5. The van der Waals surface area contributed by atoms with Gasteiger partial charge in [-0.3, -0.25) is 9.59 Å². The Morgan fingerprint density at radius 3 is 0.965 bits per heavy atom. The first kappa shape index (κ1) is 86.6. The van der Waals surface area contributed by atoms with E-state index in [2.05, 4.69) is 31.0 Å². The predicted octanol–water partition coefficient (Wildman–Crippen LogP) is 6.81. The van der Waals surface area contributed by atoms with Crippen molar-refractivity contribution in [1.82, 2.24) is 4.90 Å². The number of carboxylic acid groups (broad SMARTS) is 3. The number of esters is 1. The summed E-state index contributed by atoms with van der Waals surface area (Å²) in [6, 6.07) is 0. The van der Waals surface area contributed by atoms with Gasteiger partial charge in [0.1, 0.15) is 48.9 Å². The maximum Gasteiger partial charge on any atom is 0.430 e. The van der Waals surface area contributed by atoms with Gasteiger partial charge in [0.05, 0.1) is 45.9 Å². The molecular formula is C59H109F9N4O14. The molecule has 0 radical (unpaired) electrons. The van der Waals surface area contributed by atoms with E-state index in [1.165, 1.54) is 180 Å². The smallest absolute Gasteiger partial charge is 0.430 e.